The zero-order valence-corrected chi connectivity index (χ0v) is 12.7. The molecule has 2 unspecified atom stereocenters. The Hall–Kier alpha value is -1.48. The Balaban J connectivity index is 2.22. The lowest BCUT2D eigenvalue weighted by atomic mass is 10.0. The monoisotopic (exact) mass is 275 g/mol. The molecule has 1 aliphatic rings. The first-order valence-corrected chi connectivity index (χ1v) is 7.49. The summed E-state index contributed by atoms with van der Waals surface area (Å²) in [5, 5.41) is 3.44. The van der Waals surface area contributed by atoms with Crippen LogP contribution >= 0.6 is 0 Å². The summed E-state index contributed by atoms with van der Waals surface area (Å²) < 4.78 is 11.5. The van der Waals surface area contributed by atoms with Crippen LogP contribution in [0.25, 0.3) is 0 Å². The third-order valence-corrected chi connectivity index (χ3v) is 3.69. The van der Waals surface area contributed by atoms with Gasteiger partial charge < -0.3 is 14.8 Å². The molecule has 0 radical (unpaired) electrons. The highest BCUT2D eigenvalue weighted by atomic mass is 16.5. The van der Waals surface area contributed by atoms with E-state index >= 15 is 0 Å². The molecule has 2 rings (SSSR count). The zero-order chi connectivity index (χ0) is 14.4. The molecule has 0 bridgehead atoms. The van der Waals surface area contributed by atoms with Crippen LogP contribution in [0.15, 0.2) is 30.4 Å². The molecule has 0 heterocycles. The summed E-state index contributed by atoms with van der Waals surface area (Å²) >= 11 is 0. The van der Waals surface area contributed by atoms with E-state index in [1.165, 1.54) is 18.4 Å². The van der Waals surface area contributed by atoms with Crippen molar-refractivity contribution in [2.45, 2.75) is 45.3 Å². The second kappa shape index (κ2) is 7.34. The average molecular weight is 275 g/mol. The molecule has 0 fully saturated rings. The lowest BCUT2D eigenvalue weighted by molar-refractivity contribution is 0.225. The molecule has 0 saturated heterocycles. The van der Waals surface area contributed by atoms with Crippen molar-refractivity contribution in [2.24, 2.45) is 0 Å². The molecule has 1 N–H and O–H groups in total. The highest BCUT2D eigenvalue weighted by molar-refractivity contribution is 5.42. The smallest absolute Gasteiger partial charge is 0.128 e. The first-order valence-electron chi connectivity index (χ1n) is 7.49. The summed E-state index contributed by atoms with van der Waals surface area (Å²) in [6.45, 7) is 5.22. The average Bonchev–Trinajstić information content (AvgIpc) is 2.48. The van der Waals surface area contributed by atoms with Crippen LogP contribution < -0.4 is 14.8 Å². The van der Waals surface area contributed by atoms with E-state index in [1.807, 2.05) is 12.1 Å². The second-order valence-electron chi connectivity index (χ2n) is 5.20. The maximum atomic E-state index is 6.19. The molecule has 1 aliphatic carbocycles. The molecule has 1 aromatic rings. The summed E-state index contributed by atoms with van der Waals surface area (Å²) in [4.78, 5) is 0. The van der Waals surface area contributed by atoms with E-state index < -0.39 is 0 Å². The molecule has 1 aromatic carbocycles. The molecule has 3 heteroatoms. The third-order valence-electron chi connectivity index (χ3n) is 3.69. The van der Waals surface area contributed by atoms with Crippen molar-refractivity contribution in [3.05, 3.63) is 35.9 Å². The third kappa shape index (κ3) is 3.76. The van der Waals surface area contributed by atoms with Crippen molar-refractivity contribution in [3.63, 3.8) is 0 Å². The lowest BCUT2D eigenvalue weighted by Crippen LogP contribution is -2.21. The fraction of sp³-hybridized carbons (Fsp3) is 0.529. The van der Waals surface area contributed by atoms with Gasteiger partial charge in [0.15, 0.2) is 0 Å². The van der Waals surface area contributed by atoms with Crippen molar-refractivity contribution in [1.29, 1.82) is 0 Å². The van der Waals surface area contributed by atoms with E-state index in [1.54, 1.807) is 7.11 Å². The first kappa shape index (κ1) is 14.9. The van der Waals surface area contributed by atoms with Gasteiger partial charge in [-0.1, -0.05) is 19.1 Å². The number of hydrogen-bond donors (Lipinski definition) is 1. The quantitative estimate of drug-likeness (QED) is 0.800. The Kier molecular flexibility index (Phi) is 5.48. The summed E-state index contributed by atoms with van der Waals surface area (Å²) in [5.74, 6) is 1.77. The van der Waals surface area contributed by atoms with Gasteiger partial charge in [-0.05, 0) is 44.9 Å². The van der Waals surface area contributed by atoms with Gasteiger partial charge in [0, 0.05) is 17.7 Å². The van der Waals surface area contributed by atoms with E-state index in [2.05, 4.69) is 37.4 Å². The van der Waals surface area contributed by atoms with E-state index in [0.717, 1.165) is 24.5 Å². The molecule has 0 amide bonds. The second-order valence-corrected chi connectivity index (χ2v) is 5.20. The van der Waals surface area contributed by atoms with Crippen molar-refractivity contribution >= 4 is 0 Å². The summed E-state index contributed by atoms with van der Waals surface area (Å²) in [6, 6.07) is 6.35. The molecule has 2 atom stereocenters. The Bertz CT molecular complexity index is 456. The summed E-state index contributed by atoms with van der Waals surface area (Å²) in [7, 11) is 1.69. The van der Waals surface area contributed by atoms with Gasteiger partial charge in [0.1, 0.15) is 17.6 Å². The minimum Gasteiger partial charge on any atom is -0.497 e. The van der Waals surface area contributed by atoms with Crippen molar-refractivity contribution in [1.82, 2.24) is 5.32 Å². The van der Waals surface area contributed by atoms with Gasteiger partial charge in [0.25, 0.3) is 0 Å². The minimum absolute atomic E-state index is 0.184. The SMILES string of the molecule is CCNC(C)c1ccc(OC)cc1OC1C=CCCC1. The molecule has 0 saturated carbocycles. The predicted molar refractivity (Wildman–Crippen MR) is 82.5 cm³/mol. The molecule has 110 valence electrons. The summed E-state index contributed by atoms with van der Waals surface area (Å²) in [6.07, 6.45) is 8.01. The predicted octanol–water partition coefficient (Wildman–Crippen LogP) is 3.85. The van der Waals surface area contributed by atoms with Crippen LogP contribution in [-0.4, -0.2) is 19.8 Å². The van der Waals surface area contributed by atoms with E-state index in [0.29, 0.717) is 0 Å². The number of rotatable bonds is 6. The minimum atomic E-state index is 0.184. The van der Waals surface area contributed by atoms with Crippen LogP contribution in [-0.2, 0) is 0 Å². The van der Waals surface area contributed by atoms with Gasteiger partial charge in [0.2, 0.25) is 0 Å². The number of hydrogen-bond acceptors (Lipinski definition) is 3. The van der Waals surface area contributed by atoms with Gasteiger partial charge in [-0.15, -0.1) is 0 Å². The number of nitrogens with one attached hydrogen (secondary N) is 1. The fourth-order valence-corrected chi connectivity index (χ4v) is 2.56. The van der Waals surface area contributed by atoms with Gasteiger partial charge in [-0.2, -0.15) is 0 Å². The van der Waals surface area contributed by atoms with E-state index in [4.69, 9.17) is 9.47 Å². The molecule has 0 spiro atoms. The van der Waals surface area contributed by atoms with Gasteiger partial charge in [0.05, 0.1) is 7.11 Å². The Labute approximate surface area is 122 Å². The molecule has 0 aromatic heterocycles. The Morgan fingerprint density at radius 1 is 1.40 bits per heavy atom. The summed E-state index contributed by atoms with van der Waals surface area (Å²) in [5.41, 5.74) is 1.19. The van der Waals surface area contributed by atoms with Gasteiger partial charge in [-0.3, -0.25) is 0 Å². The highest BCUT2D eigenvalue weighted by Crippen LogP contribution is 2.31. The van der Waals surface area contributed by atoms with E-state index in [-0.39, 0.29) is 12.1 Å². The van der Waals surface area contributed by atoms with Crippen molar-refractivity contribution in [2.75, 3.05) is 13.7 Å². The number of allylic oxidation sites excluding steroid dienone is 1. The topological polar surface area (TPSA) is 30.5 Å². The zero-order valence-electron chi connectivity index (χ0n) is 12.7. The first-order chi connectivity index (χ1) is 9.74. The molecule has 20 heavy (non-hydrogen) atoms. The molecular weight excluding hydrogens is 250 g/mol. The number of ether oxygens (including phenoxy) is 2. The standard InChI is InChI=1S/C17H25NO2/c1-4-18-13(2)16-11-10-15(19-3)12-17(16)20-14-8-6-5-7-9-14/h6,8,10-14,18H,4-5,7,9H2,1-3H3. The van der Waals surface area contributed by atoms with Crippen LogP contribution in [0.5, 0.6) is 11.5 Å². The van der Waals surface area contributed by atoms with Crippen LogP contribution in [0.3, 0.4) is 0 Å². The van der Waals surface area contributed by atoms with Crippen LogP contribution in [0.2, 0.25) is 0 Å². The van der Waals surface area contributed by atoms with E-state index in [9.17, 15) is 0 Å². The molecule has 0 aliphatic heterocycles. The van der Waals surface area contributed by atoms with Gasteiger partial charge in [-0.25, -0.2) is 0 Å². The molecule has 3 nitrogen and oxygen atoms in total. The lowest BCUT2D eigenvalue weighted by Gasteiger charge is -2.23. The normalized spacial score (nSPS) is 19.6. The molecular formula is C17H25NO2. The Morgan fingerprint density at radius 3 is 2.90 bits per heavy atom. The van der Waals surface area contributed by atoms with Crippen LogP contribution in [0, 0.1) is 0 Å². The number of methoxy groups -OCH3 is 1. The Morgan fingerprint density at radius 2 is 2.25 bits per heavy atom. The largest absolute Gasteiger partial charge is 0.497 e. The van der Waals surface area contributed by atoms with Crippen LogP contribution in [0.1, 0.15) is 44.7 Å². The fourth-order valence-electron chi connectivity index (χ4n) is 2.56. The van der Waals surface area contributed by atoms with Gasteiger partial charge >= 0.3 is 0 Å². The maximum Gasteiger partial charge on any atom is 0.128 e. The number of benzene rings is 1. The van der Waals surface area contributed by atoms with Crippen molar-refractivity contribution in [3.8, 4) is 11.5 Å². The van der Waals surface area contributed by atoms with Crippen LogP contribution in [0.4, 0.5) is 0 Å². The highest BCUT2D eigenvalue weighted by Gasteiger charge is 2.16. The van der Waals surface area contributed by atoms with Crippen molar-refractivity contribution < 1.29 is 9.47 Å². The maximum absolute atomic E-state index is 6.19.